The van der Waals surface area contributed by atoms with Crippen LogP contribution in [0, 0.1) is 0 Å². The quantitative estimate of drug-likeness (QED) is 0.748. The van der Waals surface area contributed by atoms with E-state index in [1.165, 1.54) is 12.3 Å². The Labute approximate surface area is 148 Å². The first kappa shape index (κ1) is 16.3. The van der Waals surface area contributed by atoms with E-state index in [1.54, 1.807) is 35.1 Å². The van der Waals surface area contributed by atoms with Crippen molar-refractivity contribution in [2.75, 3.05) is 18.5 Å². The summed E-state index contributed by atoms with van der Waals surface area (Å²) in [5.74, 6) is 0.466. The van der Waals surface area contributed by atoms with E-state index in [2.05, 4.69) is 15.4 Å². The van der Waals surface area contributed by atoms with Gasteiger partial charge in [0.05, 0.1) is 5.69 Å². The van der Waals surface area contributed by atoms with Gasteiger partial charge in [-0.2, -0.15) is 0 Å². The highest BCUT2D eigenvalue weighted by molar-refractivity contribution is 6.02. The monoisotopic (exact) mass is 354 g/mol. The van der Waals surface area contributed by atoms with Gasteiger partial charge in [0.15, 0.2) is 11.6 Å². The Morgan fingerprint density at radius 1 is 1.19 bits per heavy atom. The van der Waals surface area contributed by atoms with Gasteiger partial charge < -0.3 is 14.5 Å². The van der Waals surface area contributed by atoms with Crippen LogP contribution in [0.1, 0.15) is 35.1 Å². The standard InChI is InChI=1S/C18H18N4O4/c23-16-5-8-22(21-16)14-3-1-13(2-4-14)19-17(24)15-11-26-18(20-15)12-6-9-25-10-7-12/h1-5,8,11-12H,6-7,9-10H2,(H,19,24)(H,21,23). The van der Waals surface area contributed by atoms with Crippen LogP contribution in [0.5, 0.6) is 0 Å². The molecule has 0 saturated carbocycles. The van der Waals surface area contributed by atoms with E-state index in [0.717, 1.165) is 18.5 Å². The zero-order chi connectivity index (χ0) is 17.9. The lowest BCUT2D eigenvalue weighted by Crippen LogP contribution is -2.15. The number of rotatable bonds is 4. The van der Waals surface area contributed by atoms with Crippen LogP contribution in [0.3, 0.4) is 0 Å². The van der Waals surface area contributed by atoms with Crippen LogP contribution in [0.4, 0.5) is 5.69 Å². The van der Waals surface area contributed by atoms with Gasteiger partial charge in [-0.05, 0) is 37.1 Å². The second kappa shape index (κ2) is 7.01. The minimum atomic E-state index is -0.325. The van der Waals surface area contributed by atoms with Gasteiger partial charge in [-0.1, -0.05) is 0 Å². The SMILES string of the molecule is O=C(Nc1ccc(-n2ccc(=O)[nH]2)cc1)c1coc(C2CCOCC2)n1. The number of H-pyrrole nitrogens is 1. The van der Waals surface area contributed by atoms with Gasteiger partial charge in [-0.25, -0.2) is 4.98 Å². The fourth-order valence-corrected chi connectivity index (χ4v) is 2.91. The molecule has 1 aliphatic rings. The number of ether oxygens (including phenoxy) is 1. The lowest BCUT2D eigenvalue weighted by molar-refractivity contribution is 0.0794. The molecule has 2 N–H and O–H groups in total. The van der Waals surface area contributed by atoms with Crippen LogP contribution >= 0.6 is 0 Å². The molecule has 1 fully saturated rings. The Morgan fingerprint density at radius 3 is 2.65 bits per heavy atom. The molecule has 26 heavy (non-hydrogen) atoms. The second-order valence-corrected chi connectivity index (χ2v) is 6.12. The molecule has 0 bridgehead atoms. The molecule has 0 unspecified atom stereocenters. The number of benzene rings is 1. The highest BCUT2D eigenvalue weighted by Crippen LogP contribution is 2.26. The van der Waals surface area contributed by atoms with Gasteiger partial charge in [-0.3, -0.25) is 19.4 Å². The van der Waals surface area contributed by atoms with E-state index in [-0.39, 0.29) is 23.1 Å². The average molecular weight is 354 g/mol. The predicted octanol–water partition coefficient (Wildman–Crippen LogP) is 2.30. The van der Waals surface area contributed by atoms with Gasteiger partial charge in [0, 0.05) is 37.1 Å². The molecule has 3 heterocycles. The highest BCUT2D eigenvalue weighted by atomic mass is 16.5. The molecule has 1 amide bonds. The smallest absolute Gasteiger partial charge is 0.277 e. The van der Waals surface area contributed by atoms with E-state index in [0.29, 0.717) is 24.8 Å². The zero-order valence-corrected chi connectivity index (χ0v) is 14.0. The number of amides is 1. The molecule has 8 nitrogen and oxygen atoms in total. The normalized spacial score (nSPS) is 15.1. The minimum Gasteiger partial charge on any atom is -0.448 e. The lowest BCUT2D eigenvalue weighted by atomic mass is 10.0. The van der Waals surface area contributed by atoms with E-state index in [9.17, 15) is 9.59 Å². The highest BCUT2D eigenvalue weighted by Gasteiger charge is 2.22. The fourth-order valence-electron chi connectivity index (χ4n) is 2.91. The third-order valence-electron chi connectivity index (χ3n) is 4.33. The van der Waals surface area contributed by atoms with Crippen molar-refractivity contribution in [3.05, 3.63) is 64.7 Å². The van der Waals surface area contributed by atoms with E-state index in [1.807, 2.05) is 0 Å². The van der Waals surface area contributed by atoms with Crippen molar-refractivity contribution in [1.82, 2.24) is 14.8 Å². The summed E-state index contributed by atoms with van der Waals surface area (Å²) in [6.07, 6.45) is 4.73. The van der Waals surface area contributed by atoms with Crippen molar-refractivity contribution in [2.24, 2.45) is 0 Å². The van der Waals surface area contributed by atoms with Crippen molar-refractivity contribution in [1.29, 1.82) is 0 Å². The molecule has 0 radical (unpaired) electrons. The van der Waals surface area contributed by atoms with Gasteiger partial charge in [0.25, 0.3) is 11.5 Å². The van der Waals surface area contributed by atoms with Gasteiger partial charge in [0.1, 0.15) is 6.26 Å². The molecule has 1 aromatic carbocycles. The number of aromatic amines is 1. The third kappa shape index (κ3) is 3.45. The Kier molecular flexibility index (Phi) is 4.40. The van der Waals surface area contributed by atoms with Crippen molar-refractivity contribution in [3.63, 3.8) is 0 Å². The van der Waals surface area contributed by atoms with Gasteiger partial charge >= 0.3 is 0 Å². The van der Waals surface area contributed by atoms with Gasteiger partial charge in [0.2, 0.25) is 0 Å². The Balaban J connectivity index is 1.43. The number of carbonyl (C=O) groups excluding carboxylic acids is 1. The van der Waals surface area contributed by atoms with Crippen molar-refractivity contribution in [2.45, 2.75) is 18.8 Å². The van der Waals surface area contributed by atoms with Crippen LogP contribution < -0.4 is 10.9 Å². The molecule has 0 atom stereocenters. The number of nitrogens with zero attached hydrogens (tertiary/aromatic N) is 2. The van der Waals surface area contributed by atoms with E-state index < -0.39 is 0 Å². The molecule has 1 aliphatic heterocycles. The van der Waals surface area contributed by atoms with Crippen molar-refractivity contribution < 1.29 is 13.9 Å². The zero-order valence-electron chi connectivity index (χ0n) is 14.0. The van der Waals surface area contributed by atoms with E-state index >= 15 is 0 Å². The first-order chi connectivity index (χ1) is 12.7. The number of aromatic nitrogens is 3. The first-order valence-electron chi connectivity index (χ1n) is 8.42. The number of nitrogens with one attached hydrogen (secondary N) is 2. The summed E-state index contributed by atoms with van der Waals surface area (Å²) in [5, 5.41) is 5.45. The molecule has 1 saturated heterocycles. The van der Waals surface area contributed by atoms with Crippen LogP contribution in [-0.4, -0.2) is 33.9 Å². The summed E-state index contributed by atoms with van der Waals surface area (Å²) < 4.78 is 12.4. The van der Waals surface area contributed by atoms with Gasteiger partial charge in [-0.15, -0.1) is 0 Å². The number of hydrogen-bond donors (Lipinski definition) is 2. The maximum Gasteiger partial charge on any atom is 0.277 e. The summed E-state index contributed by atoms with van der Waals surface area (Å²) in [6, 6.07) is 8.54. The lowest BCUT2D eigenvalue weighted by Gasteiger charge is -2.18. The molecule has 0 aliphatic carbocycles. The molecule has 3 aromatic rings. The summed E-state index contributed by atoms with van der Waals surface area (Å²) in [7, 11) is 0. The Bertz CT molecular complexity index is 948. The summed E-state index contributed by atoms with van der Waals surface area (Å²) in [5.41, 5.74) is 1.50. The minimum absolute atomic E-state index is 0.172. The maximum absolute atomic E-state index is 12.4. The largest absolute Gasteiger partial charge is 0.448 e. The number of anilines is 1. The average Bonchev–Trinajstić information content (AvgIpc) is 3.32. The summed E-state index contributed by atoms with van der Waals surface area (Å²) >= 11 is 0. The maximum atomic E-state index is 12.4. The van der Waals surface area contributed by atoms with Crippen LogP contribution in [0.25, 0.3) is 5.69 Å². The van der Waals surface area contributed by atoms with Crippen LogP contribution in [0.15, 0.2) is 52.0 Å². The molecular weight excluding hydrogens is 336 g/mol. The first-order valence-corrected chi connectivity index (χ1v) is 8.42. The Morgan fingerprint density at radius 2 is 1.96 bits per heavy atom. The van der Waals surface area contributed by atoms with Crippen molar-refractivity contribution in [3.8, 4) is 5.69 Å². The number of hydrogen-bond acceptors (Lipinski definition) is 5. The fraction of sp³-hybridized carbons (Fsp3) is 0.278. The Hall–Kier alpha value is -3.13. The molecule has 4 rings (SSSR count). The topological polar surface area (TPSA) is 102 Å². The summed E-state index contributed by atoms with van der Waals surface area (Å²) in [4.78, 5) is 27.9. The van der Waals surface area contributed by atoms with Crippen LogP contribution in [-0.2, 0) is 4.74 Å². The van der Waals surface area contributed by atoms with E-state index in [4.69, 9.17) is 9.15 Å². The van der Waals surface area contributed by atoms with Crippen molar-refractivity contribution >= 4 is 11.6 Å². The van der Waals surface area contributed by atoms with Crippen LogP contribution in [0.2, 0.25) is 0 Å². The molecule has 134 valence electrons. The molecular formula is C18H18N4O4. The third-order valence-corrected chi connectivity index (χ3v) is 4.33. The molecule has 2 aromatic heterocycles. The molecule has 0 spiro atoms. The molecule has 8 heteroatoms. The predicted molar refractivity (Wildman–Crippen MR) is 93.6 cm³/mol. The summed E-state index contributed by atoms with van der Waals surface area (Å²) in [6.45, 7) is 1.38. The number of carbonyl (C=O) groups is 1. The second-order valence-electron chi connectivity index (χ2n) is 6.12. The number of oxazole rings is 1.